The van der Waals surface area contributed by atoms with Crippen molar-refractivity contribution in [2.24, 2.45) is 0 Å². The summed E-state index contributed by atoms with van der Waals surface area (Å²) < 4.78 is 10.3. The molecule has 1 unspecified atom stereocenters. The molecule has 1 heterocycles. The third-order valence-electron chi connectivity index (χ3n) is 3.26. The van der Waals surface area contributed by atoms with Crippen LogP contribution >= 0.6 is 0 Å². The molecule has 1 fully saturated rings. The lowest BCUT2D eigenvalue weighted by atomic mass is 10.1. The highest BCUT2D eigenvalue weighted by Crippen LogP contribution is 2.26. The number of hydrogen-bond donors (Lipinski definition) is 0. The van der Waals surface area contributed by atoms with Crippen LogP contribution in [-0.2, 0) is 0 Å². The van der Waals surface area contributed by atoms with Gasteiger partial charge >= 0.3 is 0 Å². The SMILES string of the molecule is COc1cc(OC)cc(C(=O)N2CCCC2C#N)c1. The van der Waals surface area contributed by atoms with Crippen LogP contribution < -0.4 is 9.47 Å². The first-order valence-electron chi connectivity index (χ1n) is 6.13. The van der Waals surface area contributed by atoms with E-state index in [4.69, 9.17) is 14.7 Å². The van der Waals surface area contributed by atoms with Gasteiger partial charge in [0.2, 0.25) is 0 Å². The van der Waals surface area contributed by atoms with Gasteiger partial charge in [-0.3, -0.25) is 4.79 Å². The van der Waals surface area contributed by atoms with E-state index in [0.717, 1.165) is 12.8 Å². The maximum absolute atomic E-state index is 12.4. The van der Waals surface area contributed by atoms with Crippen molar-refractivity contribution < 1.29 is 14.3 Å². The van der Waals surface area contributed by atoms with Crippen LogP contribution in [0.2, 0.25) is 0 Å². The number of benzene rings is 1. The average molecular weight is 260 g/mol. The van der Waals surface area contributed by atoms with Crippen LogP contribution in [0.25, 0.3) is 0 Å². The molecule has 0 aromatic heterocycles. The summed E-state index contributed by atoms with van der Waals surface area (Å²) in [5.74, 6) is 0.979. The number of amides is 1. The molecule has 0 N–H and O–H groups in total. The number of rotatable bonds is 3. The predicted octanol–water partition coefficient (Wildman–Crippen LogP) is 1.83. The molecule has 19 heavy (non-hydrogen) atoms. The molecule has 1 aromatic rings. The number of methoxy groups -OCH3 is 2. The molecule has 1 aliphatic heterocycles. The molecule has 0 saturated carbocycles. The molecule has 0 radical (unpaired) electrons. The van der Waals surface area contributed by atoms with Crippen LogP contribution in [0, 0.1) is 11.3 Å². The van der Waals surface area contributed by atoms with Crippen LogP contribution in [0.1, 0.15) is 23.2 Å². The molecule has 100 valence electrons. The first kappa shape index (κ1) is 13.2. The zero-order valence-electron chi connectivity index (χ0n) is 11.0. The predicted molar refractivity (Wildman–Crippen MR) is 69.2 cm³/mol. The zero-order chi connectivity index (χ0) is 13.8. The van der Waals surface area contributed by atoms with Gasteiger partial charge < -0.3 is 14.4 Å². The summed E-state index contributed by atoms with van der Waals surface area (Å²) >= 11 is 0. The van der Waals surface area contributed by atoms with Gasteiger partial charge in [0.1, 0.15) is 17.5 Å². The van der Waals surface area contributed by atoms with Crippen LogP contribution in [-0.4, -0.2) is 37.6 Å². The Kier molecular flexibility index (Phi) is 3.91. The number of likely N-dealkylation sites (tertiary alicyclic amines) is 1. The summed E-state index contributed by atoms with van der Waals surface area (Å²) in [6.45, 7) is 0.622. The largest absolute Gasteiger partial charge is 0.497 e. The van der Waals surface area contributed by atoms with Crippen molar-refractivity contribution >= 4 is 5.91 Å². The molecule has 2 rings (SSSR count). The lowest BCUT2D eigenvalue weighted by Gasteiger charge is -2.20. The summed E-state index contributed by atoms with van der Waals surface area (Å²) in [6.07, 6.45) is 1.61. The average Bonchev–Trinajstić information content (AvgIpc) is 2.94. The maximum Gasteiger partial charge on any atom is 0.255 e. The Hall–Kier alpha value is -2.22. The minimum Gasteiger partial charge on any atom is -0.497 e. The summed E-state index contributed by atoms with van der Waals surface area (Å²) in [5.41, 5.74) is 0.485. The topological polar surface area (TPSA) is 62.6 Å². The van der Waals surface area contributed by atoms with E-state index in [1.165, 1.54) is 14.2 Å². The van der Waals surface area contributed by atoms with E-state index in [-0.39, 0.29) is 11.9 Å². The Morgan fingerprint density at radius 2 is 1.95 bits per heavy atom. The summed E-state index contributed by atoms with van der Waals surface area (Å²) in [5, 5.41) is 9.04. The van der Waals surface area contributed by atoms with E-state index < -0.39 is 0 Å². The van der Waals surface area contributed by atoms with Gasteiger partial charge in [0.05, 0.1) is 20.3 Å². The first-order chi connectivity index (χ1) is 9.19. The van der Waals surface area contributed by atoms with Crippen LogP contribution in [0.5, 0.6) is 11.5 Å². The molecule has 0 spiro atoms. The second-order valence-corrected chi connectivity index (χ2v) is 4.39. The highest BCUT2D eigenvalue weighted by atomic mass is 16.5. The van der Waals surface area contributed by atoms with Crippen molar-refractivity contribution in [3.05, 3.63) is 23.8 Å². The second-order valence-electron chi connectivity index (χ2n) is 4.39. The van der Waals surface area contributed by atoms with E-state index in [2.05, 4.69) is 6.07 Å². The second kappa shape index (κ2) is 5.61. The molecule has 5 heteroatoms. The first-order valence-corrected chi connectivity index (χ1v) is 6.13. The van der Waals surface area contributed by atoms with Crippen molar-refractivity contribution in [2.45, 2.75) is 18.9 Å². The molecule has 1 aromatic carbocycles. The Balaban J connectivity index is 2.30. The van der Waals surface area contributed by atoms with Crippen LogP contribution in [0.15, 0.2) is 18.2 Å². The third kappa shape index (κ3) is 2.63. The lowest BCUT2D eigenvalue weighted by Crippen LogP contribution is -2.34. The van der Waals surface area contributed by atoms with E-state index in [9.17, 15) is 4.79 Å². The molecule has 5 nitrogen and oxygen atoms in total. The van der Waals surface area contributed by atoms with Crippen molar-refractivity contribution in [3.63, 3.8) is 0 Å². The minimum atomic E-state index is -0.329. The number of nitriles is 1. The Labute approximate surface area is 112 Å². The summed E-state index contributed by atoms with van der Waals surface area (Å²) in [7, 11) is 3.08. The van der Waals surface area contributed by atoms with E-state index >= 15 is 0 Å². The Bertz CT molecular complexity index is 500. The quantitative estimate of drug-likeness (QED) is 0.831. The fourth-order valence-electron chi connectivity index (χ4n) is 2.24. The third-order valence-corrected chi connectivity index (χ3v) is 3.26. The normalized spacial score (nSPS) is 17.9. The molecule has 0 bridgehead atoms. The smallest absolute Gasteiger partial charge is 0.255 e. The lowest BCUT2D eigenvalue weighted by molar-refractivity contribution is 0.0764. The highest BCUT2D eigenvalue weighted by Gasteiger charge is 2.29. The van der Waals surface area contributed by atoms with Gasteiger partial charge in [-0.05, 0) is 25.0 Å². The summed E-state index contributed by atoms with van der Waals surface area (Å²) in [6, 6.07) is 6.87. The van der Waals surface area contributed by atoms with Crippen molar-refractivity contribution in [3.8, 4) is 17.6 Å². The molecule has 1 amide bonds. The summed E-state index contributed by atoms with van der Waals surface area (Å²) in [4.78, 5) is 14.0. The van der Waals surface area contributed by atoms with E-state index in [0.29, 0.717) is 23.6 Å². The number of nitrogens with zero attached hydrogens (tertiary/aromatic N) is 2. The van der Waals surface area contributed by atoms with Crippen LogP contribution in [0.4, 0.5) is 0 Å². The number of carbonyl (C=O) groups excluding carboxylic acids is 1. The van der Waals surface area contributed by atoms with Crippen molar-refractivity contribution in [2.75, 3.05) is 20.8 Å². The van der Waals surface area contributed by atoms with Crippen LogP contribution in [0.3, 0.4) is 0 Å². The van der Waals surface area contributed by atoms with Gasteiger partial charge in [0.15, 0.2) is 0 Å². The zero-order valence-corrected chi connectivity index (χ0v) is 11.0. The van der Waals surface area contributed by atoms with Gasteiger partial charge in [-0.1, -0.05) is 0 Å². The molecule has 0 aliphatic carbocycles. The Morgan fingerprint density at radius 3 is 2.47 bits per heavy atom. The number of carbonyl (C=O) groups is 1. The fraction of sp³-hybridized carbons (Fsp3) is 0.429. The van der Waals surface area contributed by atoms with E-state index in [1.54, 1.807) is 23.1 Å². The fourth-order valence-corrected chi connectivity index (χ4v) is 2.24. The molecule has 1 aliphatic rings. The monoisotopic (exact) mass is 260 g/mol. The van der Waals surface area contributed by atoms with Gasteiger partial charge in [-0.2, -0.15) is 5.26 Å². The molecule has 1 saturated heterocycles. The van der Waals surface area contributed by atoms with Gasteiger partial charge in [-0.25, -0.2) is 0 Å². The number of hydrogen-bond acceptors (Lipinski definition) is 4. The number of ether oxygens (including phenoxy) is 2. The highest BCUT2D eigenvalue weighted by molar-refractivity contribution is 5.95. The molecular formula is C14H16N2O3. The maximum atomic E-state index is 12.4. The molecular weight excluding hydrogens is 244 g/mol. The standard InChI is InChI=1S/C14H16N2O3/c1-18-12-6-10(7-13(8-12)19-2)14(17)16-5-3-4-11(16)9-15/h6-8,11H,3-5H2,1-2H3. The van der Waals surface area contributed by atoms with Gasteiger partial charge in [0.25, 0.3) is 5.91 Å². The van der Waals surface area contributed by atoms with Crippen molar-refractivity contribution in [1.29, 1.82) is 5.26 Å². The molecule has 1 atom stereocenters. The van der Waals surface area contributed by atoms with Crippen molar-refractivity contribution in [1.82, 2.24) is 4.90 Å². The minimum absolute atomic E-state index is 0.152. The van der Waals surface area contributed by atoms with Gasteiger partial charge in [0, 0.05) is 18.2 Å². The Morgan fingerprint density at radius 1 is 1.32 bits per heavy atom. The van der Waals surface area contributed by atoms with Gasteiger partial charge in [-0.15, -0.1) is 0 Å². The van der Waals surface area contributed by atoms with E-state index in [1.807, 2.05) is 0 Å².